The summed E-state index contributed by atoms with van der Waals surface area (Å²) in [6, 6.07) is 0. The molecule has 0 atom stereocenters. The van der Waals surface area contributed by atoms with Crippen LogP contribution in [0.2, 0.25) is 0 Å². The van der Waals surface area contributed by atoms with Crippen LogP contribution in [-0.2, 0) is 38.1 Å². The predicted molar refractivity (Wildman–Crippen MR) is 96.4 cm³/mol. The largest absolute Gasteiger partial charge is 0.481 e. The van der Waals surface area contributed by atoms with Gasteiger partial charge >= 0.3 is 11.9 Å². The number of ether oxygens (including phenoxy) is 4. The zero-order valence-corrected chi connectivity index (χ0v) is 16.2. The van der Waals surface area contributed by atoms with Crippen LogP contribution in [0.25, 0.3) is 0 Å². The maximum atomic E-state index is 11.9. The normalized spacial score (nSPS) is 11.2. The fourth-order valence-corrected chi connectivity index (χ4v) is 2.02. The Morgan fingerprint density at radius 3 is 1.59 bits per heavy atom. The number of nitrogens with one attached hydrogen (secondary N) is 1. The molecule has 12 nitrogen and oxygen atoms in total. The summed E-state index contributed by atoms with van der Waals surface area (Å²) in [6.07, 6.45) is -0.901. The molecule has 0 fully saturated rings. The maximum absolute atomic E-state index is 11.9. The molecule has 0 radical (unpaired) electrons. The van der Waals surface area contributed by atoms with Crippen molar-refractivity contribution < 1.29 is 53.4 Å². The van der Waals surface area contributed by atoms with Gasteiger partial charge in [0.05, 0.1) is 65.7 Å². The number of hydrogen-bond donors (Lipinski definition) is 4. The van der Waals surface area contributed by atoms with E-state index < -0.39 is 36.3 Å². The Bertz CT molecular complexity index is 482. The molecular weight excluding hydrogens is 394 g/mol. The lowest BCUT2D eigenvalue weighted by Gasteiger charge is -2.23. The molecule has 0 rings (SSSR count). The van der Waals surface area contributed by atoms with Crippen LogP contribution < -0.4 is 5.32 Å². The summed E-state index contributed by atoms with van der Waals surface area (Å²) in [5.41, 5.74) is -2.53. The van der Waals surface area contributed by atoms with E-state index in [4.69, 9.17) is 29.2 Å². The molecule has 0 aliphatic rings. The molecule has 12 heteroatoms. The van der Waals surface area contributed by atoms with Crippen molar-refractivity contribution in [3.63, 3.8) is 0 Å². The summed E-state index contributed by atoms with van der Waals surface area (Å²) in [5.74, 6) is -4.08. The van der Waals surface area contributed by atoms with Crippen LogP contribution >= 0.6 is 0 Å². The Labute approximate surface area is 168 Å². The summed E-state index contributed by atoms with van der Waals surface area (Å²) < 4.78 is 20.8. The molecule has 0 aromatic heterocycles. The van der Waals surface area contributed by atoms with Crippen molar-refractivity contribution >= 4 is 24.1 Å². The number of carboxylic acid groups (broad SMARTS) is 2. The first-order valence-corrected chi connectivity index (χ1v) is 9.00. The van der Waals surface area contributed by atoms with E-state index in [1.54, 1.807) is 0 Å². The number of carbonyl (C=O) groups excluding carboxylic acids is 2. The smallest absolute Gasteiger partial charge is 0.306 e. The topological polar surface area (TPSA) is 178 Å². The SMILES string of the molecule is O=CCCOCCOCCOCCOCCNC(=O)C(O)(CC(=O)O)CC(=O)O. The minimum atomic E-state index is -2.53. The predicted octanol–water partition coefficient (Wildman–Crippen LogP) is -1.56. The second-order valence-electron chi connectivity index (χ2n) is 5.83. The molecule has 0 spiro atoms. The minimum absolute atomic E-state index is 0.0341. The van der Waals surface area contributed by atoms with Crippen molar-refractivity contribution in [2.45, 2.75) is 24.9 Å². The molecule has 0 unspecified atom stereocenters. The van der Waals surface area contributed by atoms with Crippen LogP contribution in [0.4, 0.5) is 0 Å². The van der Waals surface area contributed by atoms with Crippen LogP contribution in [-0.4, -0.2) is 104 Å². The van der Waals surface area contributed by atoms with Gasteiger partial charge in [-0.2, -0.15) is 0 Å². The van der Waals surface area contributed by atoms with Crippen molar-refractivity contribution in [1.29, 1.82) is 0 Å². The molecule has 0 bridgehead atoms. The van der Waals surface area contributed by atoms with E-state index >= 15 is 0 Å². The minimum Gasteiger partial charge on any atom is -0.481 e. The molecule has 0 heterocycles. The number of aliphatic hydroxyl groups is 1. The Morgan fingerprint density at radius 2 is 1.17 bits per heavy atom. The first-order chi connectivity index (χ1) is 13.8. The average molecular weight is 423 g/mol. The summed E-state index contributed by atoms with van der Waals surface area (Å²) >= 11 is 0. The lowest BCUT2D eigenvalue weighted by Crippen LogP contribution is -2.50. The van der Waals surface area contributed by atoms with E-state index in [0.717, 1.165) is 6.29 Å². The molecule has 0 saturated heterocycles. The maximum Gasteiger partial charge on any atom is 0.306 e. The molecular formula is C17H29NO11. The molecule has 0 aliphatic heterocycles. The lowest BCUT2D eigenvalue weighted by atomic mass is 9.94. The molecule has 0 aromatic rings. The molecule has 168 valence electrons. The molecule has 0 aromatic carbocycles. The monoisotopic (exact) mass is 423 g/mol. The fraction of sp³-hybridized carbons (Fsp3) is 0.765. The van der Waals surface area contributed by atoms with Crippen LogP contribution in [0.15, 0.2) is 0 Å². The Balaban J connectivity index is 3.66. The van der Waals surface area contributed by atoms with Gasteiger partial charge in [0.1, 0.15) is 6.29 Å². The van der Waals surface area contributed by atoms with E-state index in [1.807, 2.05) is 0 Å². The molecule has 0 aliphatic carbocycles. The van der Waals surface area contributed by atoms with Crippen molar-refractivity contribution in [3.8, 4) is 0 Å². The van der Waals surface area contributed by atoms with Crippen molar-refractivity contribution in [3.05, 3.63) is 0 Å². The second kappa shape index (κ2) is 16.8. The highest BCUT2D eigenvalue weighted by Gasteiger charge is 2.40. The first kappa shape index (κ1) is 26.9. The van der Waals surface area contributed by atoms with Crippen LogP contribution in [0.3, 0.4) is 0 Å². The van der Waals surface area contributed by atoms with Crippen LogP contribution in [0.5, 0.6) is 0 Å². The summed E-state index contributed by atoms with van der Waals surface area (Å²) in [4.78, 5) is 43.4. The van der Waals surface area contributed by atoms with E-state index in [2.05, 4.69) is 5.32 Å². The van der Waals surface area contributed by atoms with Gasteiger partial charge < -0.3 is 44.4 Å². The number of aliphatic carboxylic acids is 2. The highest BCUT2D eigenvalue weighted by atomic mass is 16.6. The summed E-state index contributed by atoms with van der Waals surface area (Å²) in [6.45, 7) is 2.46. The molecule has 4 N–H and O–H groups in total. The van der Waals surface area contributed by atoms with Gasteiger partial charge in [-0.05, 0) is 0 Å². The lowest BCUT2D eigenvalue weighted by molar-refractivity contribution is -0.159. The zero-order valence-electron chi connectivity index (χ0n) is 16.2. The van der Waals surface area contributed by atoms with E-state index in [9.17, 15) is 24.3 Å². The number of amides is 1. The average Bonchev–Trinajstić information content (AvgIpc) is 2.63. The van der Waals surface area contributed by atoms with Crippen LogP contribution in [0, 0.1) is 0 Å². The Hall–Kier alpha value is -2.12. The van der Waals surface area contributed by atoms with E-state index in [1.165, 1.54) is 0 Å². The summed E-state index contributed by atoms with van der Waals surface area (Å²) in [5, 5.41) is 29.6. The van der Waals surface area contributed by atoms with Crippen molar-refractivity contribution in [2.75, 3.05) is 59.4 Å². The Kier molecular flexibility index (Phi) is 15.6. The van der Waals surface area contributed by atoms with E-state index in [-0.39, 0.29) is 26.4 Å². The van der Waals surface area contributed by atoms with Gasteiger partial charge in [0.25, 0.3) is 5.91 Å². The number of hydrogen-bond acceptors (Lipinski definition) is 9. The number of carboxylic acids is 2. The fourth-order valence-electron chi connectivity index (χ4n) is 2.02. The number of rotatable bonds is 20. The van der Waals surface area contributed by atoms with Gasteiger partial charge in [0, 0.05) is 13.0 Å². The second-order valence-corrected chi connectivity index (χ2v) is 5.83. The molecule has 29 heavy (non-hydrogen) atoms. The standard InChI is InChI=1S/C17H29NO11/c19-3-1-4-26-6-8-28-10-11-29-9-7-27-5-2-18-16(24)17(25,12-14(20)21)13-15(22)23/h3,25H,1-2,4-13H2,(H,18,24)(H,20,21)(H,22,23). The third-order valence-electron chi connectivity index (χ3n) is 3.34. The summed E-state index contributed by atoms with van der Waals surface area (Å²) in [7, 11) is 0. The quantitative estimate of drug-likeness (QED) is 0.131. The third-order valence-corrected chi connectivity index (χ3v) is 3.34. The molecule has 0 saturated carbocycles. The number of carbonyl (C=O) groups is 4. The van der Waals surface area contributed by atoms with Crippen molar-refractivity contribution in [1.82, 2.24) is 5.32 Å². The zero-order chi connectivity index (χ0) is 22.0. The molecule has 1 amide bonds. The van der Waals surface area contributed by atoms with Gasteiger partial charge in [-0.15, -0.1) is 0 Å². The van der Waals surface area contributed by atoms with Gasteiger partial charge in [-0.1, -0.05) is 0 Å². The first-order valence-electron chi connectivity index (χ1n) is 9.00. The number of aldehydes is 1. The highest BCUT2D eigenvalue weighted by Crippen LogP contribution is 2.16. The van der Waals surface area contributed by atoms with Crippen molar-refractivity contribution in [2.24, 2.45) is 0 Å². The van der Waals surface area contributed by atoms with Gasteiger partial charge in [0.15, 0.2) is 5.60 Å². The Morgan fingerprint density at radius 1 is 0.759 bits per heavy atom. The van der Waals surface area contributed by atoms with Gasteiger partial charge in [0.2, 0.25) is 0 Å². The third kappa shape index (κ3) is 15.5. The van der Waals surface area contributed by atoms with Gasteiger partial charge in [-0.3, -0.25) is 14.4 Å². The van der Waals surface area contributed by atoms with E-state index in [0.29, 0.717) is 39.5 Å². The van der Waals surface area contributed by atoms with Gasteiger partial charge in [-0.25, -0.2) is 0 Å². The van der Waals surface area contributed by atoms with Crippen LogP contribution in [0.1, 0.15) is 19.3 Å². The highest BCUT2D eigenvalue weighted by molar-refractivity contribution is 5.92.